The van der Waals surface area contributed by atoms with E-state index in [4.69, 9.17) is 14.2 Å². The summed E-state index contributed by atoms with van der Waals surface area (Å²) in [5, 5.41) is 52.7. The van der Waals surface area contributed by atoms with E-state index in [2.05, 4.69) is 111 Å². The summed E-state index contributed by atoms with van der Waals surface area (Å²) in [7, 11) is 1.50. The second kappa shape index (κ2) is 23.0. The molecule has 4 heterocycles. The molecule has 2 aliphatic heterocycles. The number of aliphatic hydroxyl groups excluding tert-OH is 1. The number of Topliss-reactive ketones (excluding diaryl/α,β-unsaturated/α-hetero) is 2. The highest BCUT2D eigenvalue weighted by Crippen LogP contribution is 2.66. The van der Waals surface area contributed by atoms with Gasteiger partial charge in [0, 0.05) is 109 Å². The summed E-state index contributed by atoms with van der Waals surface area (Å²) in [6, 6.07) is 20.6. The topological polar surface area (TPSA) is 196 Å². The number of dihydropyridines is 1. The molecule has 6 bridgehead atoms. The van der Waals surface area contributed by atoms with Gasteiger partial charge in [0.05, 0.1) is 30.9 Å². The van der Waals surface area contributed by atoms with Crippen molar-refractivity contribution in [1.29, 1.82) is 0 Å². The van der Waals surface area contributed by atoms with Gasteiger partial charge in [0.1, 0.15) is 40.7 Å². The minimum Gasteiger partial charge on any atom is -0.508 e. The van der Waals surface area contributed by atoms with Crippen molar-refractivity contribution in [2.75, 3.05) is 25.1 Å². The van der Waals surface area contributed by atoms with E-state index in [1.54, 1.807) is 37.3 Å². The average Bonchev–Trinajstić information content (AvgIpc) is 1.61. The number of aliphatic hydroxyl groups is 1. The van der Waals surface area contributed by atoms with E-state index in [-0.39, 0.29) is 88.5 Å². The average molecular weight is 1200 g/mol. The number of esters is 1. The highest BCUT2D eigenvalue weighted by Gasteiger charge is 2.56. The molecule has 4 aromatic carbocycles. The normalized spacial score (nSPS) is 27.5. The number of aromatic amines is 1. The number of phenolic OH excluding ortho intramolecular Hbond substituents is 3. The van der Waals surface area contributed by atoms with Gasteiger partial charge in [-0.2, -0.15) is 0 Å². The molecule has 8 aliphatic rings. The van der Waals surface area contributed by atoms with Crippen molar-refractivity contribution < 1.29 is 49.0 Å². The van der Waals surface area contributed by atoms with Crippen LogP contribution >= 0.6 is 0 Å². The number of aromatic nitrogens is 2. The molecule has 3 spiro atoms. The Balaban J connectivity index is 1.01. The molecule has 6 aromatic rings. The Hall–Kier alpha value is -8.67. The van der Waals surface area contributed by atoms with Gasteiger partial charge in [-0.3, -0.25) is 14.4 Å². The molecule has 2 aromatic heterocycles. The minimum atomic E-state index is -0.796. The van der Waals surface area contributed by atoms with Crippen molar-refractivity contribution in [3.63, 3.8) is 0 Å². The van der Waals surface area contributed by atoms with Crippen LogP contribution in [-0.4, -0.2) is 73.8 Å². The second-order valence-corrected chi connectivity index (χ2v) is 26.7. The Kier molecular flexibility index (Phi) is 15.0. The number of nitrogens with one attached hydrogen (secondary N) is 2. The Morgan fingerprint density at radius 1 is 0.876 bits per heavy atom. The lowest BCUT2D eigenvalue weighted by atomic mass is 9.53. The third-order valence-corrected chi connectivity index (χ3v) is 21.5. The Labute approximate surface area is 519 Å². The number of hydrogen-bond acceptors (Lipinski definition) is 12. The van der Waals surface area contributed by atoms with Crippen molar-refractivity contribution in [1.82, 2.24) is 14.9 Å². The number of carbonyl (C=O) groups excluding carboxylic acids is 3. The summed E-state index contributed by atoms with van der Waals surface area (Å²) in [5.74, 6) is 7.27. The maximum Gasteiger partial charge on any atom is 0.302 e. The number of anilines is 1. The van der Waals surface area contributed by atoms with Gasteiger partial charge >= 0.3 is 5.97 Å². The monoisotopic (exact) mass is 1190 g/mol. The smallest absolute Gasteiger partial charge is 0.302 e. The first-order chi connectivity index (χ1) is 43.1. The molecule has 0 amide bonds. The Morgan fingerprint density at radius 3 is 2.49 bits per heavy atom. The second-order valence-electron chi connectivity index (χ2n) is 26.7. The number of phenols is 3. The Bertz CT molecular complexity index is 4070. The number of ketones is 2. The zero-order chi connectivity index (χ0) is 61.3. The summed E-state index contributed by atoms with van der Waals surface area (Å²) in [4.78, 5) is 48.3. The summed E-state index contributed by atoms with van der Waals surface area (Å²) < 4.78 is 20.9. The van der Waals surface area contributed by atoms with E-state index in [1.807, 2.05) is 12.1 Å². The molecule has 458 valence electrons. The van der Waals surface area contributed by atoms with Crippen molar-refractivity contribution >= 4 is 34.0 Å². The number of fused-ring (bicyclic) bond motifs is 3. The van der Waals surface area contributed by atoms with E-state index < -0.39 is 41.0 Å². The van der Waals surface area contributed by atoms with Gasteiger partial charge in [-0.15, -0.1) is 0 Å². The van der Waals surface area contributed by atoms with Crippen LogP contribution in [0.3, 0.4) is 0 Å². The fourth-order valence-electron chi connectivity index (χ4n) is 17.6. The number of benzene rings is 4. The first kappa shape index (κ1) is 58.0. The lowest BCUT2D eigenvalue weighted by Crippen LogP contribution is -2.41. The minimum absolute atomic E-state index is 0.0163. The first-order valence-electron chi connectivity index (χ1n) is 32.0. The maximum atomic E-state index is 15.8. The Morgan fingerprint density at radius 2 is 1.70 bits per heavy atom. The van der Waals surface area contributed by atoms with Crippen LogP contribution in [0, 0.1) is 34.0 Å². The third kappa shape index (κ3) is 10.3. The zero-order valence-corrected chi connectivity index (χ0v) is 50.9. The molecular formula is C75H78N4O10. The molecule has 14 nitrogen and oxygen atoms in total. The van der Waals surface area contributed by atoms with Crippen LogP contribution in [0.5, 0.6) is 34.5 Å². The number of rotatable bonds is 9. The van der Waals surface area contributed by atoms with E-state index in [1.165, 1.54) is 44.6 Å². The number of carbonyl (C=O) groups is 3. The third-order valence-electron chi connectivity index (χ3n) is 21.5. The first-order valence-corrected chi connectivity index (χ1v) is 32.0. The summed E-state index contributed by atoms with van der Waals surface area (Å²) in [5.41, 5.74) is 7.47. The maximum absolute atomic E-state index is 15.8. The molecule has 0 radical (unpaired) electrons. The van der Waals surface area contributed by atoms with Crippen LogP contribution < -0.4 is 19.7 Å². The SMILES string of the molecule is COc1cc(C2CC(=O)CC(OC(C)=O)CCC34C5=CC=CC3CC=CC4c3c[nH]cc3C(C#CC5)C(c3cccc(O)c3)C3=CCNC(=C3)N(CCC(C)=O)c3ccc4c5c(n2cc35)CC2(CCC3(CCCC3)C2)C4O)cc(O)c1Oc1cccc(O)c1. The molecule has 6 aliphatic carbocycles. The predicted octanol–water partition coefficient (Wildman–Crippen LogP) is 14.1. The van der Waals surface area contributed by atoms with Gasteiger partial charge in [0.25, 0.3) is 0 Å². The molecule has 89 heavy (non-hydrogen) atoms. The van der Waals surface area contributed by atoms with E-state index in [9.17, 15) is 30.0 Å². The van der Waals surface area contributed by atoms with E-state index in [0.29, 0.717) is 44.3 Å². The van der Waals surface area contributed by atoms with Crippen LogP contribution in [0.2, 0.25) is 0 Å². The number of aromatic hydroxyl groups is 3. The molecule has 14 heteroatoms. The van der Waals surface area contributed by atoms with Crippen molar-refractivity contribution in [2.45, 2.75) is 146 Å². The predicted molar refractivity (Wildman–Crippen MR) is 341 cm³/mol. The van der Waals surface area contributed by atoms with E-state index in [0.717, 1.165) is 94.3 Å². The van der Waals surface area contributed by atoms with Crippen molar-refractivity contribution in [3.8, 4) is 46.3 Å². The standard InChI is InChI=1S/C75H78N4O10/c1-45(80)25-32-78-63-22-21-58-70-61(63)43-79(65(70)40-74(72(58)86)30-29-73(44-74)26-4-5-27-73)64(49-34-66(85)71(67(35-49)87-3)89-55-18-10-17-53(83)37-55)39-54(84)38-56(88-46(2)81)23-28-75-50-12-7-13-51(75)15-9-20-62(75)60-42-76-41-59(60)57(19-8-14-50)69(47-11-6-16-52(82)33-47)48-24-31-77-68(78)36-48/h6-7,9-13,16-18,20-22,24,33-37,41-43,51,56-57,62,64,69,72,76-77,82-83,85-86H,4-5,14-15,23,25-32,38-40,44H2,1-3H3. The van der Waals surface area contributed by atoms with Crippen LogP contribution in [0.4, 0.5) is 5.69 Å². The lowest BCUT2D eigenvalue weighted by molar-refractivity contribution is -0.148. The van der Waals surface area contributed by atoms with Gasteiger partial charge in [0.15, 0.2) is 11.5 Å². The van der Waals surface area contributed by atoms with Crippen LogP contribution in [0.1, 0.15) is 167 Å². The summed E-state index contributed by atoms with van der Waals surface area (Å²) >= 11 is 0. The van der Waals surface area contributed by atoms with Crippen molar-refractivity contribution in [3.05, 3.63) is 184 Å². The molecule has 9 unspecified atom stereocenters. The van der Waals surface area contributed by atoms with Gasteiger partial charge in [-0.1, -0.05) is 91.0 Å². The zero-order valence-electron chi connectivity index (χ0n) is 50.9. The lowest BCUT2D eigenvalue weighted by Gasteiger charge is -2.50. The highest BCUT2D eigenvalue weighted by molar-refractivity contribution is 6.00. The number of H-pyrrole nitrogens is 1. The molecular weight excluding hydrogens is 1120 g/mol. The summed E-state index contributed by atoms with van der Waals surface area (Å²) in [6.45, 7) is 3.77. The largest absolute Gasteiger partial charge is 0.508 e. The molecule has 9 atom stereocenters. The van der Waals surface area contributed by atoms with Crippen molar-refractivity contribution in [2.24, 2.45) is 22.2 Å². The molecule has 0 saturated heterocycles. The van der Waals surface area contributed by atoms with Crippen LogP contribution in [0.15, 0.2) is 151 Å². The summed E-state index contributed by atoms with van der Waals surface area (Å²) in [6.07, 6.45) is 30.6. The van der Waals surface area contributed by atoms with Gasteiger partial charge < -0.3 is 54.4 Å². The molecule has 14 rings (SSSR count). The molecule has 2 fully saturated rings. The molecule has 2 saturated carbocycles. The number of nitrogens with zero attached hydrogens (tertiary/aromatic N) is 2. The quantitative estimate of drug-likeness (QED) is 0.0456. The number of methoxy groups -OCH3 is 1. The van der Waals surface area contributed by atoms with Gasteiger partial charge in [-0.25, -0.2) is 0 Å². The fourth-order valence-corrected chi connectivity index (χ4v) is 17.6. The van der Waals surface area contributed by atoms with Crippen LogP contribution in [0.25, 0.3) is 10.8 Å². The number of allylic oxidation sites excluding steroid dienone is 8. The number of hydrogen-bond donors (Lipinski definition) is 6. The fraction of sp³-hybridized carbons (Fsp3) is 0.400. The highest BCUT2D eigenvalue weighted by atomic mass is 16.5. The number of ether oxygens (including phenoxy) is 3. The van der Waals surface area contributed by atoms with Gasteiger partial charge in [0.2, 0.25) is 5.75 Å². The molecule has 6 N–H and O–H groups in total. The van der Waals surface area contributed by atoms with Gasteiger partial charge in [-0.05, 0) is 158 Å². The van der Waals surface area contributed by atoms with E-state index >= 15 is 4.79 Å². The van der Waals surface area contributed by atoms with Crippen LogP contribution in [-0.2, 0) is 25.5 Å².